The number of carbonyl (C=O) groups excluding carboxylic acids is 2. The van der Waals surface area contributed by atoms with E-state index in [1.54, 1.807) is 6.92 Å². The fourth-order valence-corrected chi connectivity index (χ4v) is 1.65. The van der Waals surface area contributed by atoms with Gasteiger partial charge in [-0.05, 0) is 19.9 Å². The van der Waals surface area contributed by atoms with Crippen molar-refractivity contribution in [3.05, 3.63) is 0 Å². The average Bonchev–Trinajstić information content (AvgIpc) is 2.31. The van der Waals surface area contributed by atoms with Crippen LogP contribution in [0.4, 0.5) is 0 Å². The third-order valence-corrected chi connectivity index (χ3v) is 3.01. The van der Waals surface area contributed by atoms with Crippen LogP contribution in [0.5, 0.6) is 0 Å². The quantitative estimate of drug-likeness (QED) is 0.307. The van der Waals surface area contributed by atoms with E-state index in [1.165, 1.54) is 0 Å². The maximum absolute atomic E-state index is 11.4. The standard InChI is InChI=1S/C11H24N4O2/c1-4-5-6-15(7-10(12)16)9(3)8(2)11(17)14-13/h8-9H,4-7,13H2,1-3H3,(H2,12,16)(H,14,17). The van der Waals surface area contributed by atoms with Crippen LogP contribution in [0.1, 0.15) is 33.6 Å². The van der Waals surface area contributed by atoms with Gasteiger partial charge in [-0.15, -0.1) is 0 Å². The molecule has 0 bridgehead atoms. The molecule has 2 atom stereocenters. The number of hydrazine groups is 1. The summed E-state index contributed by atoms with van der Waals surface area (Å²) in [5, 5.41) is 0. The molecule has 2 unspecified atom stereocenters. The lowest BCUT2D eigenvalue weighted by Crippen LogP contribution is -2.48. The average molecular weight is 244 g/mol. The highest BCUT2D eigenvalue weighted by Crippen LogP contribution is 2.11. The van der Waals surface area contributed by atoms with Crippen molar-refractivity contribution in [3.63, 3.8) is 0 Å². The lowest BCUT2D eigenvalue weighted by molar-refractivity contribution is -0.128. The highest BCUT2D eigenvalue weighted by Gasteiger charge is 2.25. The van der Waals surface area contributed by atoms with Gasteiger partial charge < -0.3 is 5.73 Å². The molecule has 6 heteroatoms. The van der Waals surface area contributed by atoms with E-state index in [0.717, 1.165) is 19.4 Å². The molecule has 5 N–H and O–H groups in total. The number of rotatable bonds is 8. The topological polar surface area (TPSA) is 101 Å². The van der Waals surface area contributed by atoms with Gasteiger partial charge in [-0.2, -0.15) is 0 Å². The van der Waals surface area contributed by atoms with E-state index < -0.39 is 0 Å². The maximum Gasteiger partial charge on any atom is 0.238 e. The van der Waals surface area contributed by atoms with Crippen LogP contribution >= 0.6 is 0 Å². The molecule has 6 nitrogen and oxygen atoms in total. The third-order valence-electron chi connectivity index (χ3n) is 3.01. The maximum atomic E-state index is 11.4. The van der Waals surface area contributed by atoms with Crippen molar-refractivity contribution in [2.24, 2.45) is 17.5 Å². The SMILES string of the molecule is CCCCN(CC(N)=O)C(C)C(C)C(=O)NN. The summed E-state index contributed by atoms with van der Waals surface area (Å²) in [4.78, 5) is 24.4. The van der Waals surface area contributed by atoms with Crippen LogP contribution in [0.2, 0.25) is 0 Å². The second-order valence-corrected chi connectivity index (χ2v) is 4.33. The van der Waals surface area contributed by atoms with Crippen LogP contribution < -0.4 is 17.0 Å². The molecule has 100 valence electrons. The van der Waals surface area contributed by atoms with Gasteiger partial charge in [0, 0.05) is 6.04 Å². The van der Waals surface area contributed by atoms with Gasteiger partial charge in [0.25, 0.3) is 0 Å². The number of amides is 2. The number of carbonyl (C=O) groups is 2. The Bertz CT molecular complexity index is 258. The molecule has 0 aromatic rings. The van der Waals surface area contributed by atoms with E-state index in [0.29, 0.717) is 0 Å². The van der Waals surface area contributed by atoms with Crippen LogP contribution in [-0.4, -0.2) is 35.8 Å². The Morgan fingerprint density at radius 2 is 1.94 bits per heavy atom. The van der Waals surface area contributed by atoms with Crippen molar-refractivity contribution in [3.8, 4) is 0 Å². The zero-order valence-electron chi connectivity index (χ0n) is 10.9. The van der Waals surface area contributed by atoms with Gasteiger partial charge in [0.15, 0.2) is 0 Å². The first kappa shape index (κ1) is 15.9. The van der Waals surface area contributed by atoms with Crippen molar-refractivity contribution < 1.29 is 9.59 Å². The van der Waals surface area contributed by atoms with Crippen molar-refractivity contribution in [2.45, 2.75) is 39.7 Å². The summed E-state index contributed by atoms with van der Waals surface area (Å²) >= 11 is 0. The van der Waals surface area contributed by atoms with Crippen LogP contribution in [-0.2, 0) is 9.59 Å². The van der Waals surface area contributed by atoms with Gasteiger partial charge in [-0.25, -0.2) is 5.84 Å². The van der Waals surface area contributed by atoms with Gasteiger partial charge in [0.05, 0.1) is 12.5 Å². The summed E-state index contributed by atoms with van der Waals surface area (Å²) in [6.45, 7) is 6.68. The highest BCUT2D eigenvalue weighted by atomic mass is 16.2. The first-order chi connectivity index (χ1) is 7.93. The first-order valence-electron chi connectivity index (χ1n) is 5.96. The van der Waals surface area contributed by atoms with Crippen molar-refractivity contribution in [1.82, 2.24) is 10.3 Å². The predicted octanol–water partition coefficient (Wildman–Crippen LogP) is -0.412. The summed E-state index contributed by atoms with van der Waals surface area (Å²) in [6, 6.07) is -0.0717. The number of nitrogens with two attached hydrogens (primary N) is 2. The molecule has 0 saturated heterocycles. The fourth-order valence-electron chi connectivity index (χ4n) is 1.65. The van der Waals surface area contributed by atoms with E-state index in [-0.39, 0.29) is 30.3 Å². The molecular weight excluding hydrogens is 220 g/mol. The predicted molar refractivity (Wildman–Crippen MR) is 66.6 cm³/mol. The van der Waals surface area contributed by atoms with Crippen LogP contribution in [0.25, 0.3) is 0 Å². The Morgan fingerprint density at radius 1 is 1.35 bits per heavy atom. The molecule has 0 aliphatic heterocycles. The molecule has 17 heavy (non-hydrogen) atoms. The first-order valence-corrected chi connectivity index (χ1v) is 5.96. The molecule has 0 heterocycles. The largest absolute Gasteiger partial charge is 0.369 e. The summed E-state index contributed by atoms with van der Waals surface area (Å²) in [5.74, 6) is 4.21. The Morgan fingerprint density at radius 3 is 2.35 bits per heavy atom. The summed E-state index contributed by atoms with van der Waals surface area (Å²) in [5.41, 5.74) is 7.33. The number of hydrogen-bond donors (Lipinski definition) is 3. The molecule has 0 rings (SSSR count). The fraction of sp³-hybridized carbons (Fsp3) is 0.818. The summed E-state index contributed by atoms with van der Waals surface area (Å²) in [7, 11) is 0. The molecule has 0 aromatic carbocycles. The van der Waals surface area contributed by atoms with Crippen LogP contribution in [0.15, 0.2) is 0 Å². The van der Waals surface area contributed by atoms with Gasteiger partial charge >= 0.3 is 0 Å². The minimum absolute atomic E-state index is 0.0717. The van der Waals surface area contributed by atoms with Crippen LogP contribution in [0.3, 0.4) is 0 Å². The van der Waals surface area contributed by atoms with Gasteiger partial charge in [0.1, 0.15) is 0 Å². The molecule has 0 aliphatic rings. The monoisotopic (exact) mass is 244 g/mol. The van der Waals surface area contributed by atoms with E-state index in [4.69, 9.17) is 11.6 Å². The number of hydrogen-bond acceptors (Lipinski definition) is 4. The minimum atomic E-state index is -0.381. The van der Waals surface area contributed by atoms with Crippen LogP contribution in [0, 0.1) is 5.92 Å². The lowest BCUT2D eigenvalue weighted by atomic mass is 10.0. The second kappa shape index (κ2) is 8.03. The van der Waals surface area contributed by atoms with Crippen molar-refractivity contribution in [1.29, 1.82) is 0 Å². The van der Waals surface area contributed by atoms with Crippen molar-refractivity contribution in [2.75, 3.05) is 13.1 Å². The van der Waals surface area contributed by atoms with E-state index in [2.05, 4.69) is 12.3 Å². The summed E-state index contributed by atoms with van der Waals surface area (Å²) in [6.07, 6.45) is 1.99. The molecule has 0 aromatic heterocycles. The van der Waals surface area contributed by atoms with Crippen molar-refractivity contribution >= 4 is 11.8 Å². The minimum Gasteiger partial charge on any atom is -0.369 e. The Hall–Kier alpha value is -1.14. The Balaban J connectivity index is 4.54. The molecule has 2 amide bonds. The molecule has 0 saturated carbocycles. The lowest BCUT2D eigenvalue weighted by Gasteiger charge is -2.31. The van der Waals surface area contributed by atoms with Gasteiger partial charge in [-0.3, -0.25) is 19.9 Å². The number of primary amides is 1. The number of nitrogens with one attached hydrogen (secondary N) is 1. The Kier molecular flexibility index (Phi) is 7.49. The van der Waals surface area contributed by atoms with E-state index >= 15 is 0 Å². The second-order valence-electron chi connectivity index (χ2n) is 4.33. The normalized spacial score (nSPS) is 14.4. The van der Waals surface area contributed by atoms with E-state index in [9.17, 15) is 9.59 Å². The molecule has 0 spiro atoms. The third kappa shape index (κ3) is 5.65. The van der Waals surface area contributed by atoms with E-state index in [1.807, 2.05) is 11.8 Å². The number of nitrogens with zero attached hydrogens (tertiary/aromatic N) is 1. The molecule has 0 radical (unpaired) electrons. The zero-order valence-corrected chi connectivity index (χ0v) is 10.9. The zero-order chi connectivity index (χ0) is 13.4. The molecular formula is C11H24N4O2. The summed E-state index contributed by atoms with van der Waals surface area (Å²) < 4.78 is 0. The highest BCUT2D eigenvalue weighted by molar-refractivity contribution is 5.79. The Labute approximate surface area is 103 Å². The molecule has 0 aliphatic carbocycles. The van der Waals surface area contributed by atoms with Gasteiger partial charge in [0.2, 0.25) is 11.8 Å². The van der Waals surface area contributed by atoms with Gasteiger partial charge in [-0.1, -0.05) is 20.3 Å². The smallest absolute Gasteiger partial charge is 0.238 e. The number of unbranched alkanes of at least 4 members (excludes halogenated alkanes) is 1. The molecule has 0 fully saturated rings.